The molecule has 0 fully saturated rings. The molecule has 0 saturated heterocycles. The molecule has 0 unspecified atom stereocenters. The van der Waals surface area contributed by atoms with Crippen molar-refractivity contribution in [3.63, 3.8) is 0 Å². The Morgan fingerprint density at radius 1 is 1.67 bits per heavy atom. The maximum absolute atomic E-state index is 8.60. The van der Waals surface area contributed by atoms with Gasteiger partial charge in [-0.15, -0.1) is 11.8 Å². The number of hydrogen-bond acceptors (Lipinski definition) is 4. The minimum absolute atomic E-state index is 0.177. The molecule has 0 radical (unpaired) electrons. The van der Waals surface area contributed by atoms with Gasteiger partial charge in [-0.1, -0.05) is 0 Å². The smallest absolute Gasteiger partial charge is 0.0991 e. The van der Waals surface area contributed by atoms with Gasteiger partial charge in [-0.3, -0.25) is 0 Å². The number of aromatic nitrogens is 1. The molecule has 1 heterocycles. The van der Waals surface area contributed by atoms with Crippen molar-refractivity contribution in [3.8, 4) is 0 Å². The van der Waals surface area contributed by atoms with Crippen LogP contribution in [0.15, 0.2) is 17.3 Å². The highest BCUT2D eigenvalue weighted by Crippen LogP contribution is 2.20. The van der Waals surface area contributed by atoms with Crippen LogP contribution in [0.1, 0.15) is 5.56 Å². The maximum Gasteiger partial charge on any atom is 0.0991 e. The van der Waals surface area contributed by atoms with Crippen molar-refractivity contribution in [1.82, 2.24) is 4.98 Å². The first kappa shape index (κ1) is 9.35. The third-order valence-corrected chi connectivity index (χ3v) is 2.47. The Kier molecular flexibility index (Phi) is 3.37. The summed E-state index contributed by atoms with van der Waals surface area (Å²) in [5.41, 5.74) is 7.28. The van der Waals surface area contributed by atoms with Gasteiger partial charge in [0, 0.05) is 5.75 Å². The normalized spacial score (nSPS) is 10.2. The van der Waals surface area contributed by atoms with Gasteiger partial charge in [0.05, 0.1) is 23.5 Å². The molecule has 0 aromatic carbocycles. The Morgan fingerprint density at radius 2 is 2.42 bits per heavy atom. The molecule has 0 saturated carbocycles. The molecule has 4 heteroatoms. The molecule has 1 rings (SSSR count). The molecule has 0 aliphatic heterocycles. The van der Waals surface area contributed by atoms with Crippen molar-refractivity contribution in [3.05, 3.63) is 17.8 Å². The average Bonchev–Trinajstić information content (AvgIpc) is 2.03. The number of nitrogen functional groups attached to an aromatic ring is 1. The fourth-order valence-corrected chi connectivity index (χ4v) is 1.58. The number of hydrogen-bond donors (Lipinski definition) is 2. The summed E-state index contributed by atoms with van der Waals surface area (Å²) in [7, 11) is 0. The summed E-state index contributed by atoms with van der Waals surface area (Å²) in [5, 5.41) is 9.54. The van der Waals surface area contributed by atoms with Gasteiger partial charge in [0.1, 0.15) is 0 Å². The van der Waals surface area contributed by atoms with E-state index in [1.54, 1.807) is 6.20 Å². The molecule has 1 aromatic heterocycles. The van der Waals surface area contributed by atoms with Gasteiger partial charge in [-0.2, -0.15) is 0 Å². The minimum Gasteiger partial charge on any atom is -0.397 e. The lowest BCUT2D eigenvalue weighted by atomic mass is 10.3. The number of anilines is 1. The number of aliphatic hydroxyl groups excluding tert-OH is 1. The van der Waals surface area contributed by atoms with Gasteiger partial charge in [0.15, 0.2) is 0 Å². The van der Waals surface area contributed by atoms with E-state index in [1.807, 2.05) is 13.0 Å². The number of rotatable bonds is 3. The fourth-order valence-electron chi connectivity index (χ4n) is 0.877. The molecule has 0 spiro atoms. The van der Waals surface area contributed by atoms with Crippen LogP contribution in [0, 0.1) is 6.92 Å². The van der Waals surface area contributed by atoms with E-state index in [0.29, 0.717) is 11.4 Å². The summed E-state index contributed by atoms with van der Waals surface area (Å²) in [6, 6.07) is 1.88. The van der Waals surface area contributed by atoms with E-state index < -0.39 is 0 Å². The van der Waals surface area contributed by atoms with Crippen molar-refractivity contribution in [1.29, 1.82) is 0 Å². The summed E-state index contributed by atoms with van der Waals surface area (Å²) in [5.74, 6) is 0.678. The van der Waals surface area contributed by atoms with Gasteiger partial charge in [-0.05, 0) is 18.6 Å². The van der Waals surface area contributed by atoms with Gasteiger partial charge in [0.25, 0.3) is 0 Å². The lowest BCUT2D eigenvalue weighted by Gasteiger charge is -2.03. The number of aryl methyl sites for hydroxylation is 1. The quantitative estimate of drug-likeness (QED) is 0.689. The Hall–Kier alpha value is -0.740. The zero-order valence-electron chi connectivity index (χ0n) is 6.95. The van der Waals surface area contributed by atoms with E-state index in [1.165, 1.54) is 11.8 Å². The monoisotopic (exact) mass is 184 g/mol. The highest BCUT2D eigenvalue weighted by Gasteiger charge is 1.99. The first-order valence-electron chi connectivity index (χ1n) is 3.70. The van der Waals surface area contributed by atoms with Crippen molar-refractivity contribution in [2.75, 3.05) is 18.1 Å². The predicted octanol–water partition coefficient (Wildman–Crippen LogP) is 1.06. The second-order valence-corrected chi connectivity index (χ2v) is 3.55. The lowest BCUT2D eigenvalue weighted by molar-refractivity contribution is 0.322. The number of nitrogens with zero attached hydrogens (tertiary/aromatic N) is 1. The van der Waals surface area contributed by atoms with E-state index in [-0.39, 0.29) is 6.61 Å². The number of aliphatic hydroxyl groups is 1. The molecule has 3 nitrogen and oxygen atoms in total. The molecular weight excluding hydrogens is 172 g/mol. The Balaban J connectivity index is 2.72. The Bertz CT molecular complexity index is 265. The van der Waals surface area contributed by atoms with E-state index in [0.717, 1.165) is 10.6 Å². The second kappa shape index (κ2) is 4.33. The van der Waals surface area contributed by atoms with Crippen LogP contribution in [0.25, 0.3) is 0 Å². The molecule has 0 atom stereocenters. The molecule has 12 heavy (non-hydrogen) atoms. The number of thioether (sulfide) groups is 1. The highest BCUT2D eigenvalue weighted by atomic mass is 32.2. The SMILES string of the molecule is Cc1cc(N)cnc1SCCO. The van der Waals surface area contributed by atoms with Crippen LogP contribution < -0.4 is 5.73 Å². The number of nitrogens with two attached hydrogens (primary N) is 1. The Morgan fingerprint density at radius 3 is 3.00 bits per heavy atom. The van der Waals surface area contributed by atoms with Crippen molar-refractivity contribution < 1.29 is 5.11 Å². The van der Waals surface area contributed by atoms with E-state index in [2.05, 4.69) is 4.98 Å². The largest absolute Gasteiger partial charge is 0.397 e. The van der Waals surface area contributed by atoms with Gasteiger partial charge in [-0.25, -0.2) is 4.98 Å². The zero-order chi connectivity index (χ0) is 8.97. The summed E-state index contributed by atoms with van der Waals surface area (Å²) in [4.78, 5) is 4.14. The van der Waals surface area contributed by atoms with Crippen LogP contribution in [0.5, 0.6) is 0 Å². The molecule has 1 aromatic rings. The van der Waals surface area contributed by atoms with Crippen LogP contribution in [-0.4, -0.2) is 22.5 Å². The average molecular weight is 184 g/mol. The molecular formula is C8H12N2OS. The van der Waals surface area contributed by atoms with Crippen molar-refractivity contribution in [2.24, 2.45) is 0 Å². The molecule has 0 aliphatic rings. The second-order valence-electron chi connectivity index (χ2n) is 2.46. The first-order valence-corrected chi connectivity index (χ1v) is 4.68. The topological polar surface area (TPSA) is 59.1 Å². The van der Waals surface area contributed by atoms with Crippen LogP contribution in [0.3, 0.4) is 0 Å². The summed E-state index contributed by atoms with van der Waals surface area (Å²) in [6.45, 7) is 2.14. The molecule has 0 amide bonds. The van der Waals surface area contributed by atoms with E-state index >= 15 is 0 Å². The number of pyridine rings is 1. The van der Waals surface area contributed by atoms with Crippen LogP contribution in [-0.2, 0) is 0 Å². The van der Waals surface area contributed by atoms with Crippen LogP contribution in [0.4, 0.5) is 5.69 Å². The highest BCUT2D eigenvalue weighted by molar-refractivity contribution is 7.99. The van der Waals surface area contributed by atoms with E-state index in [9.17, 15) is 0 Å². The summed E-state index contributed by atoms with van der Waals surface area (Å²) in [6.07, 6.45) is 1.63. The molecule has 66 valence electrons. The van der Waals surface area contributed by atoms with Gasteiger partial charge < -0.3 is 10.8 Å². The third-order valence-electron chi connectivity index (χ3n) is 1.38. The van der Waals surface area contributed by atoms with Gasteiger partial charge in [0.2, 0.25) is 0 Å². The summed E-state index contributed by atoms with van der Waals surface area (Å²) >= 11 is 1.54. The van der Waals surface area contributed by atoms with Crippen molar-refractivity contribution >= 4 is 17.4 Å². The summed E-state index contributed by atoms with van der Waals surface area (Å²) < 4.78 is 0. The van der Waals surface area contributed by atoms with Gasteiger partial charge >= 0.3 is 0 Å². The maximum atomic E-state index is 8.60. The molecule has 0 aliphatic carbocycles. The van der Waals surface area contributed by atoms with E-state index in [4.69, 9.17) is 10.8 Å². The minimum atomic E-state index is 0.177. The Labute approximate surface area is 76.0 Å². The standard InChI is InChI=1S/C8H12N2OS/c1-6-4-7(9)5-10-8(6)12-3-2-11/h4-5,11H,2-3,9H2,1H3. The van der Waals surface area contributed by atoms with Crippen LogP contribution in [0.2, 0.25) is 0 Å². The molecule has 0 bridgehead atoms. The molecule has 3 N–H and O–H groups in total. The first-order chi connectivity index (χ1) is 5.74. The zero-order valence-corrected chi connectivity index (χ0v) is 7.77. The van der Waals surface area contributed by atoms with Crippen molar-refractivity contribution in [2.45, 2.75) is 11.9 Å². The fraction of sp³-hybridized carbons (Fsp3) is 0.375. The third kappa shape index (κ3) is 2.39. The lowest BCUT2D eigenvalue weighted by Crippen LogP contribution is -1.93. The van der Waals surface area contributed by atoms with Crippen LogP contribution >= 0.6 is 11.8 Å². The predicted molar refractivity (Wildman–Crippen MR) is 51.2 cm³/mol.